The predicted octanol–water partition coefficient (Wildman–Crippen LogP) is 2.27. The van der Waals surface area contributed by atoms with Crippen molar-refractivity contribution in [2.75, 3.05) is 20.1 Å². The zero-order valence-electron chi connectivity index (χ0n) is 10.0. The Kier molecular flexibility index (Phi) is 3.87. The fourth-order valence-electron chi connectivity index (χ4n) is 2.08. The molecule has 0 aliphatic carbocycles. The normalized spacial score (nSPS) is 36.0. The molecule has 2 unspecified atom stereocenters. The first-order valence-corrected chi connectivity index (χ1v) is 6.44. The van der Waals surface area contributed by atoms with Gasteiger partial charge in [0.25, 0.3) is 0 Å². The first kappa shape index (κ1) is 12.7. The second kappa shape index (κ2) is 4.26. The third kappa shape index (κ3) is 3.35. The maximum atomic E-state index is 3.42. The van der Waals surface area contributed by atoms with Gasteiger partial charge in [-0.3, -0.25) is 4.90 Å². The summed E-state index contributed by atoms with van der Waals surface area (Å²) in [4.78, 5) is 2.59. The molecule has 1 fully saturated rings. The third-order valence-corrected chi connectivity index (χ3v) is 3.77. The molecule has 0 amide bonds. The van der Waals surface area contributed by atoms with Gasteiger partial charge in [-0.1, -0.05) is 22.6 Å². The van der Waals surface area contributed by atoms with Crippen molar-refractivity contribution in [3.05, 3.63) is 0 Å². The standard InChI is InChI=1S/C11H23IN2/c1-10(2,3)14-7-9(13-5)6-11(4,12)8-14/h9,13H,6-8H2,1-5H3. The Morgan fingerprint density at radius 2 is 2.00 bits per heavy atom. The zero-order chi connectivity index (χ0) is 11.0. The van der Waals surface area contributed by atoms with E-state index >= 15 is 0 Å². The summed E-state index contributed by atoms with van der Waals surface area (Å²) in [6.45, 7) is 11.6. The van der Waals surface area contributed by atoms with Crippen LogP contribution in [0.1, 0.15) is 34.1 Å². The van der Waals surface area contributed by atoms with Crippen molar-refractivity contribution in [1.29, 1.82) is 0 Å². The lowest BCUT2D eigenvalue weighted by atomic mass is 9.91. The maximum Gasteiger partial charge on any atom is 0.0336 e. The third-order valence-electron chi connectivity index (χ3n) is 2.99. The van der Waals surface area contributed by atoms with Gasteiger partial charge in [0, 0.05) is 28.1 Å². The van der Waals surface area contributed by atoms with Gasteiger partial charge in [-0.15, -0.1) is 0 Å². The number of rotatable bonds is 1. The molecule has 0 aromatic heterocycles. The molecule has 84 valence electrons. The van der Waals surface area contributed by atoms with Crippen LogP contribution in [0.25, 0.3) is 0 Å². The van der Waals surface area contributed by atoms with E-state index in [1.807, 2.05) is 0 Å². The van der Waals surface area contributed by atoms with Crippen LogP contribution in [-0.2, 0) is 0 Å². The average Bonchev–Trinajstić information content (AvgIpc) is 1.99. The molecule has 2 atom stereocenters. The molecule has 1 rings (SSSR count). The van der Waals surface area contributed by atoms with Gasteiger partial charge in [-0.25, -0.2) is 0 Å². The summed E-state index contributed by atoms with van der Waals surface area (Å²) >= 11 is 2.60. The molecular weight excluding hydrogens is 287 g/mol. The van der Waals surface area contributed by atoms with Gasteiger partial charge in [-0.05, 0) is 41.2 Å². The van der Waals surface area contributed by atoms with Crippen LogP contribution in [0.15, 0.2) is 0 Å². The molecule has 2 nitrogen and oxygen atoms in total. The number of piperidine rings is 1. The highest BCUT2D eigenvalue weighted by atomic mass is 127. The van der Waals surface area contributed by atoms with E-state index in [0.717, 1.165) is 0 Å². The number of halogens is 1. The van der Waals surface area contributed by atoms with Crippen LogP contribution >= 0.6 is 22.6 Å². The molecule has 1 heterocycles. The number of likely N-dealkylation sites (tertiary alicyclic amines) is 1. The van der Waals surface area contributed by atoms with Crippen molar-refractivity contribution in [1.82, 2.24) is 10.2 Å². The highest BCUT2D eigenvalue weighted by Crippen LogP contribution is 2.33. The minimum Gasteiger partial charge on any atom is -0.316 e. The molecule has 1 aliphatic rings. The Morgan fingerprint density at radius 1 is 1.43 bits per heavy atom. The van der Waals surface area contributed by atoms with E-state index in [2.05, 4.69) is 67.6 Å². The fraction of sp³-hybridized carbons (Fsp3) is 1.00. The fourth-order valence-corrected chi connectivity index (χ4v) is 3.02. The smallest absolute Gasteiger partial charge is 0.0336 e. The SMILES string of the molecule is CNC1CN(C(C)(C)C)CC(C)(I)C1. The lowest BCUT2D eigenvalue weighted by molar-refractivity contribution is 0.0805. The summed E-state index contributed by atoms with van der Waals surface area (Å²) in [5, 5.41) is 3.42. The highest BCUT2D eigenvalue weighted by molar-refractivity contribution is 14.1. The van der Waals surface area contributed by atoms with Crippen LogP contribution in [0.3, 0.4) is 0 Å². The topological polar surface area (TPSA) is 15.3 Å². The summed E-state index contributed by atoms with van der Waals surface area (Å²) in [5.74, 6) is 0. The maximum absolute atomic E-state index is 3.42. The Hall–Kier alpha value is 0.650. The largest absolute Gasteiger partial charge is 0.316 e. The monoisotopic (exact) mass is 310 g/mol. The van der Waals surface area contributed by atoms with Gasteiger partial charge in [0.1, 0.15) is 0 Å². The molecule has 0 radical (unpaired) electrons. The van der Waals surface area contributed by atoms with E-state index in [1.165, 1.54) is 19.5 Å². The van der Waals surface area contributed by atoms with Crippen molar-refractivity contribution < 1.29 is 0 Å². The van der Waals surface area contributed by atoms with Crippen LogP contribution in [-0.4, -0.2) is 40.0 Å². The van der Waals surface area contributed by atoms with Crippen LogP contribution in [0, 0.1) is 0 Å². The van der Waals surface area contributed by atoms with Gasteiger partial charge in [0.2, 0.25) is 0 Å². The van der Waals surface area contributed by atoms with Crippen molar-refractivity contribution in [2.45, 2.75) is 49.1 Å². The Balaban J connectivity index is 2.71. The molecule has 0 bridgehead atoms. The van der Waals surface area contributed by atoms with Crippen molar-refractivity contribution in [2.24, 2.45) is 0 Å². The lowest BCUT2D eigenvalue weighted by Gasteiger charge is -2.47. The zero-order valence-corrected chi connectivity index (χ0v) is 12.2. The summed E-state index contributed by atoms with van der Waals surface area (Å²) in [6, 6.07) is 0.643. The molecule has 1 saturated heterocycles. The minimum absolute atomic E-state index is 0.294. The Labute approximate surface area is 102 Å². The van der Waals surface area contributed by atoms with Crippen LogP contribution < -0.4 is 5.32 Å². The van der Waals surface area contributed by atoms with Crippen molar-refractivity contribution in [3.63, 3.8) is 0 Å². The summed E-state index contributed by atoms with van der Waals surface area (Å²) < 4.78 is 0.414. The number of nitrogens with zero attached hydrogens (tertiary/aromatic N) is 1. The second-order valence-corrected chi connectivity index (χ2v) is 8.26. The number of nitrogens with one attached hydrogen (secondary N) is 1. The average molecular weight is 310 g/mol. The van der Waals surface area contributed by atoms with Gasteiger partial charge < -0.3 is 5.32 Å². The lowest BCUT2D eigenvalue weighted by Crippen LogP contribution is -2.58. The number of hydrogen-bond acceptors (Lipinski definition) is 2. The summed E-state index contributed by atoms with van der Waals surface area (Å²) in [7, 11) is 2.07. The van der Waals surface area contributed by atoms with E-state index < -0.39 is 0 Å². The van der Waals surface area contributed by atoms with E-state index in [-0.39, 0.29) is 0 Å². The van der Waals surface area contributed by atoms with Crippen molar-refractivity contribution in [3.8, 4) is 0 Å². The van der Waals surface area contributed by atoms with Gasteiger partial charge in [-0.2, -0.15) is 0 Å². The first-order chi connectivity index (χ1) is 6.24. The molecule has 0 aromatic carbocycles. The Morgan fingerprint density at radius 3 is 2.43 bits per heavy atom. The number of alkyl halides is 1. The number of likely N-dealkylation sites (N-methyl/N-ethyl adjacent to an activating group) is 1. The molecule has 14 heavy (non-hydrogen) atoms. The molecule has 0 aromatic rings. The quantitative estimate of drug-likeness (QED) is 0.590. The van der Waals surface area contributed by atoms with Crippen molar-refractivity contribution >= 4 is 22.6 Å². The van der Waals surface area contributed by atoms with Gasteiger partial charge in [0.15, 0.2) is 0 Å². The van der Waals surface area contributed by atoms with E-state index in [9.17, 15) is 0 Å². The summed E-state index contributed by atoms with van der Waals surface area (Å²) in [6.07, 6.45) is 1.27. The van der Waals surface area contributed by atoms with E-state index in [1.54, 1.807) is 0 Å². The van der Waals surface area contributed by atoms with Crippen LogP contribution in [0.2, 0.25) is 0 Å². The van der Waals surface area contributed by atoms with Crippen LogP contribution in [0.5, 0.6) is 0 Å². The van der Waals surface area contributed by atoms with Gasteiger partial charge in [0.05, 0.1) is 0 Å². The molecule has 0 spiro atoms. The number of hydrogen-bond donors (Lipinski definition) is 1. The molecule has 0 saturated carbocycles. The Bertz CT molecular complexity index is 196. The molecule has 1 aliphatic heterocycles. The molecular formula is C11H23IN2. The molecule has 1 N–H and O–H groups in total. The minimum atomic E-state index is 0.294. The first-order valence-electron chi connectivity index (χ1n) is 5.36. The predicted molar refractivity (Wildman–Crippen MR) is 71.2 cm³/mol. The van der Waals surface area contributed by atoms with E-state index in [4.69, 9.17) is 0 Å². The summed E-state index contributed by atoms with van der Waals surface area (Å²) in [5.41, 5.74) is 0.294. The van der Waals surface area contributed by atoms with Gasteiger partial charge >= 0.3 is 0 Å². The second-order valence-electron chi connectivity index (χ2n) is 5.65. The molecule has 3 heteroatoms. The van der Waals surface area contributed by atoms with E-state index in [0.29, 0.717) is 15.0 Å². The van der Waals surface area contributed by atoms with Crippen LogP contribution in [0.4, 0.5) is 0 Å². The highest BCUT2D eigenvalue weighted by Gasteiger charge is 2.37.